The van der Waals surface area contributed by atoms with Crippen molar-refractivity contribution in [2.45, 2.75) is 44.4 Å². The van der Waals surface area contributed by atoms with Crippen LogP contribution in [0.4, 0.5) is 22.0 Å². The number of imide groups is 1. The van der Waals surface area contributed by atoms with Crippen LogP contribution in [0.15, 0.2) is 109 Å². The zero-order chi connectivity index (χ0) is 42.6. The van der Waals surface area contributed by atoms with Gasteiger partial charge in [0, 0.05) is 70.2 Å². The van der Waals surface area contributed by atoms with E-state index < -0.39 is 5.92 Å². The Bertz CT molecular complexity index is 2950. The number of fused-ring (bicyclic) bond motifs is 1. The van der Waals surface area contributed by atoms with Gasteiger partial charge in [-0.2, -0.15) is 10.2 Å². The molecule has 3 aromatic carbocycles. The molecular formula is C47H45N11O4. The number of hydrogen-bond acceptors (Lipinski definition) is 9. The lowest BCUT2D eigenvalue weighted by Gasteiger charge is -2.34. The van der Waals surface area contributed by atoms with Crippen molar-refractivity contribution in [3.05, 3.63) is 131 Å². The molecule has 1 N–H and O–H groups in total. The summed E-state index contributed by atoms with van der Waals surface area (Å²) in [6.07, 6.45) is 9.43. The number of rotatable bonds is 8. The maximum atomic E-state index is 13.7. The average Bonchev–Trinajstić information content (AvgIpc) is 3.96. The molecule has 15 heteroatoms. The van der Waals surface area contributed by atoms with E-state index in [2.05, 4.69) is 62.8 Å². The highest BCUT2D eigenvalue weighted by Gasteiger charge is 2.34. The third-order valence-corrected chi connectivity index (χ3v) is 12.8. The topological polar surface area (TPSA) is 156 Å². The molecule has 0 saturated carbocycles. The van der Waals surface area contributed by atoms with E-state index in [0.717, 1.165) is 81.7 Å². The number of nitrogens with zero attached hydrogens (tertiary/aromatic N) is 10. The summed E-state index contributed by atoms with van der Waals surface area (Å²) >= 11 is 0. The fourth-order valence-electron chi connectivity index (χ4n) is 9.38. The van der Waals surface area contributed by atoms with Crippen molar-refractivity contribution in [1.29, 1.82) is 0 Å². The van der Waals surface area contributed by atoms with Gasteiger partial charge >= 0.3 is 11.7 Å². The molecule has 10 rings (SSSR count). The first-order chi connectivity index (χ1) is 30.1. The van der Waals surface area contributed by atoms with Crippen LogP contribution in [0.2, 0.25) is 0 Å². The number of nitrogens with one attached hydrogen (secondary N) is 1. The smallest absolute Gasteiger partial charge is 0.350 e. The summed E-state index contributed by atoms with van der Waals surface area (Å²) in [6.45, 7) is 4.81. The quantitative estimate of drug-likeness (QED) is 0.175. The van der Waals surface area contributed by atoms with Crippen LogP contribution in [0.1, 0.15) is 54.3 Å². The van der Waals surface area contributed by atoms with Crippen molar-refractivity contribution in [2.75, 3.05) is 40.9 Å². The summed E-state index contributed by atoms with van der Waals surface area (Å²) in [5.41, 5.74) is 10.0. The van der Waals surface area contributed by atoms with Crippen LogP contribution in [0.3, 0.4) is 0 Å². The van der Waals surface area contributed by atoms with Gasteiger partial charge in [0.15, 0.2) is 0 Å². The van der Waals surface area contributed by atoms with Crippen molar-refractivity contribution in [3.8, 4) is 27.9 Å². The molecule has 1 atom stereocenters. The number of anilines is 3. The normalized spacial score (nSPS) is 17.4. The third kappa shape index (κ3) is 6.79. The minimum atomic E-state index is -0.435. The number of aryl methyl sites for hydroxylation is 2. The second-order valence-corrected chi connectivity index (χ2v) is 16.3. The first-order valence-corrected chi connectivity index (χ1v) is 21.0. The Hall–Kier alpha value is -7.42. The van der Waals surface area contributed by atoms with Crippen LogP contribution in [0.25, 0.3) is 38.8 Å². The third-order valence-electron chi connectivity index (χ3n) is 12.8. The average molecular weight is 828 g/mol. The monoisotopic (exact) mass is 827 g/mol. The lowest BCUT2D eigenvalue weighted by atomic mass is 9.87. The summed E-state index contributed by atoms with van der Waals surface area (Å²) in [7, 11) is 3.54. The number of pyridine rings is 2. The van der Waals surface area contributed by atoms with Gasteiger partial charge in [-0.25, -0.2) is 23.8 Å². The molecule has 62 heavy (non-hydrogen) atoms. The van der Waals surface area contributed by atoms with Crippen LogP contribution in [0, 0.1) is 6.92 Å². The molecule has 1 unspecified atom stereocenters. The molecule has 0 aliphatic carbocycles. The van der Waals surface area contributed by atoms with Crippen molar-refractivity contribution < 1.29 is 14.4 Å². The number of hydrogen-bond donors (Lipinski definition) is 1. The zero-order valence-corrected chi connectivity index (χ0v) is 34.7. The highest BCUT2D eigenvalue weighted by Crippen LogP contribution is 2.40. The minimum absolute atomic E-state index is 0.145. The molecule has 3 aliphatic rings. The Labute approximate surface area is 357 Å². The van der Waals surface area contributed by atoms with Gasteiger partial charge in [-0.05, 0) is 114 Å². The van der Waals surface area contributed by atoms with E-state index in [9.17, 15) is 19.2 Å². The predicted octanol–water partition coefficient (Wildman–Crippen LogP) is 6.24. The van der Waals surface area contributed by atoms with E-state index in [1.807, 2.05) is 55.1 Å². The fourth-order valence-corrected chi connectivity index (χ4v) is 9.38. The summed E-state index contributed by atoms with van der Waals surface area (Å²) < 4.78 is 4.69. The van der Waals surface area contributed by atoms with Crippen molar-refractivity contribution in [1.82, 2.24) is 39.4 Å². The summed E-state index contributed by atoms with van der Waals surface area (Å²) in [4.78, 5) is 66.0. The van der Waals surface area contributed by atoms with Gasteiger partial charge in [-0.3, -0.25) is 34.4 Å². The SMILES string of the molecule is Cc1c(-c2ccc(-n3cnn(C)c3=O)cc2-c2ccc(C3CCN(c4ccc5c(C6CCC(=O)NC6=O)nn(C)c5c4)CC3)cc2)ccnc1N1CCN(c2cccnc2)C1=O. The first kappa shape index (κ1) is 38.8. The second-order valence-electron chi connectivity index (χ2n) is 16.3. The molecule has 3 fully saturated rings. The Balaban J connectivity index is 0.907. The molecule has 15 nitrogen and oxygen atoms in total. The second kappa shape index (κ2) is 15.6. The van der Waals surface area contributed by atoms with Crippen molar-refractivity contribution in [2.24, 2.45) is 14.1 Å². The highest BCUT2D eigenvalue weighted by molar-refractivity contribution is 6.06. The lowest BCUT2D eigenvalue weighted by Crippen LogP contribution is -2.39. The summed E-state index contributed by atoms with van der Waals surface area (Å²) in [5.74, 6) is 0.0478. The van der Waals surface area contributed by atoms with Gasteiger partial charge in [0.25, 0.3) is 0 Å². The van der Waals surface area contributed by atoms with Crippen LogP contribution in [0.5, 0.6) is 0 Å². The van der Waals surface area contributed by atoms with E-state index in [-0.39, 0.29) is 23.5 Å². The first-order valence-electron chi connectivity index (χ1n) is 21.0. The summed E-state index contributed by atoms with van der Waals surface area (Å²) in [6, 6.07) is 26.7. The predicted molar refractivity (Wildman–Crippen MR) is 237 cm³/mol. The van der Waals surface area contributed by atoms with E-state index in [4.69, 9.17) is 10.1 Å². The minimum Gasteiger partial charge on any atom is -0.371 e. The Morgan fingerprint density at radius 2 is 1.52 bits per heavy atom. The molecule has 4 amide bonds. The highest BCUT2D eigenvalue weighted by atomic mass is 16.2. The fraction of sp³-hybridized carbons (Fsp3) is 0.277. The molecule has 0 spiro atoms. The van der Waals surface area contributed by atoms with Gasteiger partial charge < -0.3 is 4.90 Å². The largest absolute Gasteiger partial charge is 0.371 e. The van der Waals surface area contributed by atoms with Crippen molar-refractivity contribution in [3.63, 3.8) is 0 Å². The molecule has 3 saturated heterocycles. The van der Waals surface area contributed by atoms with E-state index in [1.165, 1.54) is 16.6 Å². The van der Waals surface area contributed by atoms with Gasteiger partial charge in [0.05, 0.1) is 34.7 Å². The Kier molecular flexibility index (Phi) is 9.73. The Morgan fingerprint density at radius 1 is 0.726 bits per heavy atom. The van der Waals surface area contributed by atoms with Gasteiger partial charge in [-0.1, -0.05) is 30.3 Å². The van der Waals surface area contributed by atoms with Crippen LogP contribution in [-0.4, -0.2) is 78.1 Å². The molecular weight excluding hydrogens is 783 g/mol. The summed E-state index contributed by atoms with van der Waals surface area (Å²) in [5, 5.41) is 12.3. The zero-order valence-electron chi connectivity index (χ0n) is 34.7. The molecule has 312 valence electrons. The molecule has 4 aromatic heterocycles. The number of urea groups is 1. The maximum Gasteiger partial charge on any atom is 0.350 e. The van der Waals surface area contributed by atoms with Crippen LogP contribution < -0.4 is 25.7 Å². The number of aromatic nitrogens is 7. The molecule has 0 radical (unpaired) electrons. The molecule has 7 aromatic rings. The number of amides is 4. The maximum absolute atomic E-state index is 13.7. The van der Waals surface area contributed by atoms with Gasteiger partial charge in [0.2, 0.25) is 11.8 Å². The number of carbonyl (C=O) groups is 3. The van der Waals surface area contributed by atoms with Gasteiger partial charge in [0.1, 0.15) is 12.1 Å². The van der Waals surface area contributed by atoms with Crippen LogP contribution in [-0.2, 0) is 23.7 Å². The lowest BCUT2D eigenvalue weighted by molar-refractivity contribution is -0.134. The Morgan fingerprint density at radius 3 is 2.26 bits per heavy atom. The van der Waals surface area contributed by atoms with E-state index >= 15 is 0 Å². The molecule has 3 aliphatic heterocycles. The number of carbonyl (C=O) groups excluding carboxylic acids is 3. The molecule has 7 heterocycles. The number of piperidine rings is 2. The van der Waals surface area contributed by atoms with E-state index in [0.29, 0.717) is 43.4 Å². The standard InChI is InChI=1S/C47H45N11O4/c1-29-36(16-20-49-44(29)57-24-23-56(47(57)62)35-5-4-19-48-27-35)37-12-11-34(58-28-50-54(3)46(58)61)25-40(37)32-8-6-30(7-9-32)31-17-21-55(22-18-31)33-10-13-38-41(26-33)53(2)52-43(38)39-14-15-42(59)51-45(39)60/h4-13,16,19-20,25-28,31,39H,14-15,17-18,21-24H2,1-3H3,(H,51,59,60). The van der Waals surface area contributed by atoms with Gasteiger partial charge in [-0.15, -0.1) is 0 Å². The van der Waals surface area contributed by atoms with Crippen LogP contribution >= 0.6 is 0 Å². The van der Waals surface area contributed by atoms with Crippen molar-refractivity contribution >= 4 is 45.9 Å². The molecule has 0 bridgehead atoms. The van der Waals surface area contributed by atoms with E-state index in [1.54, 1.807) is 40.0 Å². The number of benzene rings is 3.